The van der Waals surface area contributed by atoms with Crippen LogP contribution in [0.2, 0.25) is 0 Å². The van der Waals surface area contributed by atoms with Crippen LogP contribution in [-0.4, -0.2) is 4.57 Å². The van der Waals surface area contributed by atoms with Gasteiger partial charge in [0, 0.05) is 44.7 Å². The highest BCUT2D eigenvalue weighted by Gasteiger charge is 2.22. The van der Waals surface area contributed by atoms with Crippen LogP contribution in [-0.2, 0) is 0 Å². The van der Waals surface area contributed by atoms with Crippen LogP contribution in [0, 0.1) is 0 Å². The van der Waals surface area contributed by atoms with Crippen molar-refractivity contribution in [3.05, 3.63) is 218 Å². The number of hydrogen-bond donors (Lipinski definition) is 0. The van der Waals surface area contributed by atoms with Crippen molar-refractivity contribution in [1.29, 1.82) is 0 Å². The molecule has 276 valence electrons. The zero-order valence-corrected chi connectivity index (χ0v) is 32.1. The number of furan rings is 1. The number of aromatic nitrogens is 1. The Bertz CT molecular complexity index is 3540. The first kappa shape index (κ1) is 33.3. The lowest BCUT2D eigenvalue weighted by molar-refractivity contribution is 0.669. The molecule has 0 fully saturated rings. The minimum absolute atomic E-state index is 0.860. The number of benzene rings is 10. The molecule has 0 atom stereocenters. The molecule has 0 aliphatic carbocycles. The number of hydrogen-bond acceptors (Lipinski definition) is 2. The fourth-order valence-corrected chi connectivity index (χ4v) is 9.35. The third-order valence-electron chi connectivity index (χ3n) is 12.0. The van der Waals surface area contributed by atoms with Gasteiger partial charge in [-0.25, -0.2) is 0 Å². The summed E-state index contributed by atoms with van der Waals surface area (Å²) in [6.07, 6.45) is 0. The fraction of sp³-hybridized carbons (Fsp3) is 0. The van der Waals surface area contributed by atoms with E-state index < -0.39 is 0 Å². The number of nitrogens with zero attached hydrogens (tertiary/aromatic N) is 2. The molecule has 0 spiro atoms. The summed E-state index contributed by atoms with van der Waals surface area (Å²) in [5.41, 5.74) is 13.2. The Balaban J connectivity index is 1.07. The molecule has 0 N–H and O–H groups in total. The summed E-state index contributed by atoms with van der Waals surface area (Å²) in [5.74, 6) is 0. The Kier molecular flexibility index (Phi) is 7.54. The van der Waals surface area contributed by atoms with Crippen LogP contribution in [0.25, 0.3) is 93.2 Å². The van der Waals surface area contributed by atoms with Crippen LogP contribution in [0.3, 0.4) is 0 Å². The van der Waals surface area contributed by atoms with Gasteiger partial charge in [0.05, 0.1) is 16.7 Å². The highest BCUT2D eigenvalue weighted by molar-refractivity contribution is 6.20. The van der Waals surface area contributed by atoms with Crippen molar-refractivity contribution in [2.24, 2.45) is 0 Å². The predicted molar refractivity (Wildman–Crippen MR) is 249 cm³/mol. The summed E-state index contributed by atoms with van der Waals surface area (Å²) in [6.45, 7) is 0. The van der Waals surface area contributed by atoms with Gasteiger partial charge in [0.1, 0.15) is 11.2 Å². The van der Waals surface area contributed by atoms with E-state index in [-0.39, 0.29) is 0 Å². The van der Waals surface area contributed by atoms with Crippen molar-refractivity contribution in [1.82, 2.24) is 4.57 Å². The normalized spacial score (nSPS) is 11.7. The predicted octanol–water partition coefficient (Wildman–Crippen LogP) is 15.8. The quantitative estimate of drug-likeness (QED) is 0.169. The second-order valence-corrected chi connectivity index (χ2v) is 15.3. The van der Waals surface area contributed by atoms with Gasteiger partial charge in [-0.1, -0.05) is 152 Å². The first-order valence-electron chi connectivity index (χ1n) is 20.2. The topological polar surface area (TPSA) is 21.3 Å². The van der Waals surface area contributed by atoms with Crippen molar-refractivity contribution in [2.45, 2.75) is 0 Å². The number of anilines is 3. The second kappa shape index (κ2) is 13.4. The zero-order chi connectivity index (χ0) is 38.9. The van der Waals surface area contributed by atoms with E-state index in [0.717, 1.165) is 50.2 Å². The van der Waals surface area contributed by atoms with Gasteiger partial charge in [-0.15, -0.1) is 0 Å². The maximum Gasteiger partial charge on any atom is 0.137 e. The van der Waals surface area contributed by atoms with Crippen LogP contribution in [0.4, 0.5) is 17.1 Å². The van der Waals surface area contributed by atoms with Gasteiger partial charge in [0.2, 0.25) is 0 Å². The van der Waals surface area contributed by atoms with Gasteiger partial charge >= 0.3 is 0 Å². The smallest absolute Gasteiger partial charge is 0.137 e. The van der Waals surface area contributed by atoms with Crippen LogP contribution >= 0.6 is 0 Å². The molecule has 0 amide bonds. The summed E-state index contributed by atoms with van der Waals surface area (Å²) >= 11 is 0. The Morgan fingerprint density at radius 1 is 0.356 bits per heavy atom. The van der Waals surface area contributed by atoms with Gasteiger partial charge in [-0.05, 0) is 104 Å². The summed E-state index contributed by atoms with van der Waals surface area (Å²) in [5, 5.41) is 9.54. The molecule has 2 heterocycles. The fourth-order valence-electron chi connectivity index (χ4n) is 9.35. The lowest BCUT2D eigenvalue weighted by atomic mass is 9.92. The van der Waals surface area contributed by atoms with Gasteiger partial charge in [-0.3, -0.25) is 0 Å². The third-order valence-corrected chi connectivity index (χ3v) is 12.0. The molecule has 0 saturated carbocycles. The largest absolute Gasteiger partial charge is 0.456 e. The maximum absolute atomic E-state index is 6.67. The van der Waals surface area contributed by atoms with E-state index in [1.54, 1.807) is 0 Å². The van der Waals surface area contributed by atoms with Gasteiger partial charge in [0.25, 0.3) is 0 Å². The Hall–Kier alpha value is -7.88. The molecule has 12 aromatic rings. The average molecular weight is 753 g/mol. The van der Waals surface area contributed by atoms with Crippen molar-refractivity contribution < 1.29 is 4.42 Å². The molecular weight excluding hydrogens is 717 g/mol. The molecule has 10 aromatic carbocycles. The monoisotopic (exact) mass is 752 g/mol. The van der Waals surface area contributed by atoms with E-state index in [4.69, 9.17) is 4.42 Å². The number of rotatable bonds is 6. The summed E-state index contributed by atoms with van der Waals surface area (Å²) in [6, 6.07) is 78.6. The highest BCUT2D eigenvalue weighted by atomic mass is 16.3. The number of para-hydroxylation sites is 2. The van der Waals surface area contributed by atoms with Crippen LogP contribution in [0.1, 0.15) is 0 Å². The summed E-state index contributed by atoms with van der Waals surface area (Å²) < 4.78 is 9.05. The van der Waals surface area contributed by atoms with E-state index in [2.05, 4.69) is 228 Å². The lowest BCUT2D eigenvalue weighted by Crippen LogP contribution is -2.10. The van der Waals surface area contributed by atoms with E-state index in [9.17, 15) is 0 Å². The molecule has 2 aromatic heterocycles. The second-order valence-electron chi connectivity index (χ2n) is 15.3. The van der Waals surface area contributed by atoms with E-state index in [1.165, 1.54) is 60.1 Å². The molecule has 0 radical (unpaired) electrons. The first-order chi connectivity index (χ1) is 29.3. The van der Waals surface area contributed by atoms with Gasteiger partial charge in [-0.2, -0.15) is 0 Å². The molecule has 3 heteroatoms. The Morgan fingerprint density at radius 3 is 1.73 bits per heavy atom. The zero-order valence-electron chi connectivity index (χ0n) is 32.1. The average Bonchev–Trinajstić information content (AvgIpc) is 3.86. The van der Waals surface area contributed by atoms with E-state index in [0.29, 0.717) is 0 Å². The van der Waals surface area contributed by atoms with Crippen molar-refractivity contribution in [3.63, 3.8) is 0 Å². The maximum atomic E-state index is 6.67. The molecule has 59 heavy (non-hydrogen) atoms. The molecule has 0 aliphatic heterocycles. The molecule has 0 aliphatic rings. The SMILES string of the molecule is c1ccc(-c2ccc(-c3ccc(N(c4ccc5c(c4)oc4ccc6ccccc6c45)c4cccc5c4c4ccccc4n5-c4ccccc4)cc3)c3ccccc23)cc1. The third kappa shape index (κ3) is 5.29. The standard InChI is InChI=1S/C56H36N2O/c1-3-14-37(15-4-1)43-33-34-44(47-21-10-9-20-46(43)47)39-26-29-41(30-27-39)57(42-31-32-49-54(36-42)59-53-35-28-38-16-7-8-19-45(38)55(49)53)51-24-13-25-52-56(51)48-22-11-12-23-50(48)58(52)40-17-5-2-6-18-40/h1-36H. The lowest BCUT2D eigenvalue weighted by Gasteiger charge is -2.27. The minimum Gasteiger partial charge on any atom is -0.456 e. The van der Waals surface area contributed by atoms with E-state index >= 15 is 0 Å². The van der Waals surface area contributed by atoms with E-state index in [1.807, 2.05) is 0 Å². The highest BCUT2D eigenvalue weighted by Crippen LogP contribution is 2.46. The van der Waals surface area contributed by atoms with Crippen molar-refractivity contribution in [2.75, 3.05) is 4.90 Å². The van der Waals surface area contributed by atoms with Crippen molar-refractivity contribution in [3.8, 4) is 27.9 Å². The van der Waals surface area contributed by atoms with Crippen LogP contribution in [0.5, 0.6) is 0 Å². The molecule has 0 unspecified atom stereocenters. The first-order valence-corrected chi connectivity index (χ1v) is 20.2. The molecule has 12 rings (SSSR count). The molecule has 0 saturated heterocycles. The molecule has 0 bridgehead atoms. The van der Waals surface area contributed by atoms with Crippen molar-refractivity contribution >= 4 is 82.4 Å². The Morgan fingerprint density at radius 2 is 0.966 bits per heavy atom. The summed E-state index contributed by atoms with van der Waals surface area (Å²) in [4.78, 5) is 2.40. The summed E-state index contributed by atoms with van der Waals surface area (Å²) in [7, 11) is 0. The van der Waals surface area contributed by atoms with Gasteiger partial charge < -0.3 is 13.9 Å². The van der Waals surface area contributed by atoms with Crippen LogP contribution < -0.4 is 4.90 Å². The van der Waals surface area contributed by atoms with Crippen LogP contribution in [0.15, 0.2) is 223 Å². The molecular formula is C56H36N2O. The number of fused-ring (bicyclic) bond motifs is 9. The minimum atomic E-state index is 0.860. The molecule has 3 nitrogen and oxygen atoms in total. The Labute approximate surface area is 341 Å². The van der Waals surface area contributed by atoms with Gasteiger partial charge in [0.15, 0.2) is 0 Å².